The molecule has 0 aliphatic rings. The van der Waals surface area contributed by atoms with Gasteiger partial charge in [-0.3, -0.25) is 5.10 Å². The molecule has 0 saturated heterocycles. The van der Waals surface area contributed by atoms with E-state index in [9.17, 15) is 0 Å². The van der Waals surface area contributed by atoms with Gasteiger partial charge in [-0.2, -0.15) is 16.9 Å². The maximum Gasteiger partial charge on any atom is 0.0695 e. The zero-order chi connectivity index (χ0) is 10.5. The van der Waals surface area contributed by atoms with E-state index in [2.05, 4.69) is 40.0 Å². The monoisotopic (exact) mass is 221 g/mol. The molecule has 0 aliphatic carbocycles. The van der Waals surface area contributed by atoms with Crippen LogP contribution in [0.4, 0.5) is 0 Å². The van der Waals surface area contributed by atoms with Gasteiger partial charge < -0.3 is 5.32 Å². The molecule has 0 spiro atoms. The van der Waals surface area contributed by atoms with Crippen LogP contribution in [-0.4, -0.2) is 28.8 Å². The first-order valence-corrected chi connectivity index (χ1v) is 6.42. The highest BCUT2D eigenvalue weighted by Gasteiger charge is 2.01. The normalized spacial score (nSPS) is 11.0. The van der Waals surface area contributed by atoms with Crippen molar-refractivity contribution >= 4 is 22.7 Å². The van der Waals surface area contributed by atoms with Crippen molar-refractivity contribution in [2.75, 3.05) is 18.6 Å². The number of fused-ring (bicyclic) bond motifs is 1. The number of nitrogens with one attached hydrogen (secondary N) is 2. The topological polar surface area (TPSA) is 40.7 Å². The van der Waals surface area contributed by atoms with Gasteiger partial charge >= 0.3 is 0 Å². The van der Waals surface area contributed by atoms with Crippen LogP contribution >= 0.6 is 11.8 Å². The molecule has 0 saturated carbocycles. The number of nitrogens with zero attached hydrogens (tertiary/aromatic N) is 1. The van der Waals surface area contributed by atoms with Crippen LogP contribution in [0.5, 0.6) is 0 Å². The second kappa shape index (κ2) is 5.19. The highest BCUT2D eigenvalue weighted by Crippen LogP contribution is 2.14. The number of para-hydroxylation sites is 1. The fraction of sp³-hybridized carbons (Fsp3) is 0.364. The zero-order valence-corrected chi connectivity index (χ0v) is 9.60. The van der Waals surface area contributed by atoms with Gasteiger partial charge in [0.15, 0.2) is 0 Å². The summed E-state index contributed by atoms with van der Waals surface area (Å²) < 4.78 is 0. The van der Waals surface area contributed by atoms with E-state index in [-0.39, 0.29) is 0 Å². The van der Waals surface area contributed by atoms with E-state index in [0.717, 1.165) is 24.4 Å². The van der Waals surface area contributed by atoms with Gasteiger partial charge in [-0.15, -0.1) is 0 Å². The van der Waals surface area contributed by atoms with Crippen LogP contribution in [0.3, 0.4) is 0 Å². The van der Waals surface area contributed by atoms with Gasteiger partial charge in [0.05, 0.1) is 11.7 Å². The Morgan fingerprint density at radius 2 is 2.40 bits per heavy atom. The van der Waals surface area contributed by atoms with Crippen molar-refractivity contribution in [2.24, 2.45) is 0 Å². The lowest BCUT2D eigenvalue weighted by Crippen LogP contribution is -2.16. The van der Waals surface area contributed by atoms with Gasteiger partial charge in [-0.1, -0.05) is 18.2 Å². The Labute approximate surface area is 93.6 Å². The van der Waals surface area contributed by atoms with Gasteiger partial charge in [-0.05, 0) is 11.8 Å². The molecule has 80 valence electrons. The van der Waals surface area contributed by atoms with Gasteiger partial charge in [-0.25, -0.2) is 0 Å². The highest BCUT2D eigenvalue weighted by atomic mass is 32.2. The Hall–Kier alpha value is -1.00. The minimum absolute atomic E-state index is 0.903. The summed E-state index contributed by atoms with van der Waals surface area (Å²) >= 11 is 1.86. The Morgan fingerprint density at radius 1 is 1.47 bits per heavy atom. The molecule has 1 aromatic carbocycles. The van der Waals surface area contributed by atoms with Crippen molar-refractivity contribution in [2.45, 2.75) is 6.54 Å². The van der Waals surface area contributed by atoms with Crippen LogP contribution in [0.25, 0.3) is 10.9 Å². The van der Waals surface area contributed by atoms with Crippen molar-refractivity contribution in [3.8, 4) is 0 Å². The van der Waals surface area contributed by atoms with E-state index < -0.39 is 0 Å². The molecule has 0 unspecified atom stereocenters. The molecule has 3 nitrogen and oxygen atoms in total. The second-order valence-corrected chi connectivity index (χ2v) is 4.41. The van der Waals surface area contributed by atoms with Crippen LogP contribution in [0.1, 0.15) is 5.56 Å². The number of hydrogen-bond donors (Lipinski definition) is 2. The lowest BCUT2D eigenvalue weighted by Gasteiger charge is -2.04. The number of hydrogen-bond acceptors (Lipinski definition) is 3. The maximum atomic E-state index is 4.05. The summed E-state index contributed by atoms with van der Waals surface area (Å²) in [4.78, 5) is 0. The average molecular weight is 221 g/mol. The van der Waals surface area contributed by atoms with Crippen LogP contribution in [0.15, 0.2) is 24.4 Å². The first-order valence-electron chi connectivity index (χ1n) is 5.02. The van der Waals surface area contributed by atoms with Crippen molar-refractivity contribution < 1.29 is 0 Å². The van der Waals surface area contributed by atoms with Crippen molar-refractivity contribution in [1.29, 1.82) is 0 Å². The molecule has 1 heterocycles. The Morgan fingerprint density at radius 3 is 3.27 bits per heavy atom. The molecule has 2 N–H and O–H groups in total. The van der Waals surface area contributed by atoms with Crippen LogP contribution in [0, 0.1) is 0 Å². The van der Waals surface area contributed by atoms with Crippen LogP contribution in [-0.2, 0) is 6.54 Å². The van der Waals surface area contributed by atoms with Crippen molar-refractivity contribution in [3.05, 3.63) is 30.0 Å². The number of thioether (sulfide) groups is 1. The molecule has 0 aliphatic heterocycles. The first-order chi connectivity index (χ1) is 7.42. The van der Waals surface area contributed by atoms with Gasteiger partial charge in [0.25, 0.3) is 0 Å². The average Bonchev–Trinajstić information content (AvgIpc) is 2.73. The summed E-state index contributed by atoms with van der Waals surface area (Å²) in [5.74, 6) is 1.15. The summed E-state index contributed by atoms with van der Waals surface area (Å²) in [6, 6.07) is 6.28. The minimum atomic E-state index is 0.903. The molecule has 0 atom stereocenters. The SMILES string of the molecule is CSCCNCc1cccc2cn[nH]c12. The molecule has 4 heteroatoms. The van der Waals surface area contributed by atoms with E-state index in [4.69, 9.17) is 0 Å². The standard InChI is InChI=1S/C11H15N3S/c1-15-6-5-12-7-9-3-2-4-10-8-13-14-11(9)10/h2-4,8,12H,5-7H2,1H3,(H,13,14). The molecule has 2 aromatic rings. The first kappa shape index (κ1) is 10.5. The minimum Gasteiger partial charge on any atom is -0.312 e. The highest BCUT2D eigenvalue weighted by molar-refractivity contribution is 7.98. The molecule has 0 fully saturated rings. The Bertz CT molecular complexity index is 424. The summed E-state index contributed by atoms with van der Waals surface area (Å²) in [5, 5.41) is 11.7. The number of H-pyrrole nitrogens is 1. The molecular weight excluding hydrogens is 206 g/mol. The predicted molar refractivity (Wildman–Crippen MR) is 66.2 cm³/mol. The molecule has 2 rings (SSSR count). The summed E-state index contributed by atoms with van der Waals surface area (Å²) in [6.45, 7) is 1.95. The molecule has 1 aromatic heterocycles. The third kappa shape index (κ3) is 2.52. The molecule has 0 radical (unpaired) electrons. The lowest BCUT2D eigenvalue weighted by molar-refractivity contribution is 0.735. The number of benzene rings is 1. The van der Waals surface area contributed by atoms with Crippen LogP contribution in [0.2, 0.25) is 0 Å². The molecule has 0 bridgehead atoms. The van der Waals surface area contributed by atoms with Gasteiger partial charge in [0.1, 0.15) is 0 Å². The van der Waals surface area contributed by atoms with Crippen LogP contribution < -0.4 is 5.32 Å². The fourth-order valence-corrected chi connectivity index (χ4v) is 1.92. The Balaban J connectivity index is 2.04. The summed E-state index contributed by atoms with van der Waals surface area (Å²) in [7, 11) is 0. The largest absolute Gasteiger partial charge is 0.312 e. The third-order valence-electron chi connectivity index (χ3n) is 2.36. The van der Waals surface area contributed by atoms with Crippen molar-refractivity contribution in [3.63, 3.8) is 0 Å². The predicted octanol–water partition coefficient (Wildman–Crippen LogP) is 2.02. The molecular formula is C11H15N3S. The van der Waals surface area contributed by atoms with E-state index in [1.54, 1.807) is 0 Å². The summed E-state index contributed by atoms with van der Waals surface area (Å²) in [5.41, 5.74) is 2.43. The third-order valence-corrected chi connectivity index (χ3v) is 2.97. The van der Waals surface area contributed by atoms with E-state index >= 15 is 0 Å². The molecule has 0 amide bonds. The lowest BCUT2D eigenvalue weighted by atomic mass is 10.1. The quantitative estimate of drug-likeness (QED) is 0.759. The number of aromatic amines is 1. The zero-order valence-electron chi connectivity index (χ0n) is 8.79. The number of rotatable bonds is 5. The fourth-order valence-electron chi connectivity index (χ4n) is 1.57. The maximum absolute atomic E-state index is 4.05. The number of aromatic nitrogens is 2. The molecule has 15 heavy (non-hydrogen) atoms. The smallest absolute Gasteiger partial charge is 0.0695 e. The Kier molecular flexibility index (Phi) is 3.64. The van der Waals surface area contributed by atoms with E-state index in [1.165, 1.54) is 10.9 Å². The van der Waals surface area contributed by atoms with Gasteiger partial charge in [0, 0.05) is 24.2 Å². The van der Waals surface area contributed by atoms with Crippen molar-refractivity contribution in [1.82, 2.24) is 15.5 Å². The van der Waals surface area contributed by atoms with E-state index in [0.29, 0.717) is 0 Å². The second-order valence-electron chi connectivity index (χ2n) is 3.42. The van der Waals surface area contributed by atoms with Gasteiger partial charge in [0.2, 0.25) is 0 Å². The summed E-state index contributed by atoms with van der Waals surface area (Å²) in [6.07, 6.45) is 3.98. The van der Waals surface area contributed by atoms with E-state index in [1.807, 2.05) is 18.0 Å².